The minimum Gasteiger partial charge on any atom is -0.449 e. The van der Waals surface area contributed by atoms with Gasteiger partial charge in [0.15, 0.2) is 6.10 Å². The number of rotatable bonds is 6. The number of anilines is 1. The van der Waals surface area contributed by atoms with E-state index in [1.54, 1.807) is 4.57 Å². The summed E-state index contributed by atoms with van der Waals surface area (Å²) in [4.78, 5) is 42.3. The molecule has 1 aromatic heterocycles. The van der Waals surface area contributed by atoms with E-state index in [0.717, 1.165) is 10.7 Å². The summed E-state index contributed by atoms with van der Waals surface area (Å²) >= 11 is 0. The SMILES string of the molecule is C[C@@H](OC(=O)c1ccc2c(=O)n3c(nc2c1)CCC3)C(=O)Nc1cccc(S(=O)(=O)N(C)C)c1. The number of fused-ring (bicyclic) bond motifs is 2. The monoisotopic (exact) mass is 484 g/mol. The van der Waals surface area contributed by atoms with Gasteiger partial charge in [-0.2, -0.15) is 0 Å². The smallest absolute Gasteiger partial charge is 0.338 e. The molecule has 0 radical (unpaired) electrons. The van der Waals surface area contributed by atoms with Gasteiger partial charge in [-0.3, -0.25) is 14.2 Å². The summed E-state index contributed by atoms with van der Waals surface area (Å²) < 4.78 is 32.6. The first kappa shape index (κ1) is 23.6. The average molecular weight is 485 g/mol. The van der Waals surface area contributed by atoms with Crippen molar-refractivity contribution >= 4 is 38.5 Å². The van der Waals surface area contributed by atoms with Gasteiger partial charge in [-0.25, -0.2) is 22.5 Å². The van der Waals surface area contributed by atoms with E-state index >= 15 is 0 Å². The number of aryl methyl sites for hydroxylation is 1. The van der Waals surface area contributed by atoms with Gasteiger partial charge in [-0.1, -0.05) is 6.07 Å². The number of hydrogen-bond acceptors (Lipinski definition) is 7. The Kier molecular flexibility index (Phi) is 6.24. The summed E-state index contributed by atoms with van der Waals surface area (Å²) in [6, 6.07) is 10.3. The molecule has 0 aliphatic carbocycles. The zero-order valence-electron chi connectivity index (χ0n) is 18.9. The minimum absolute atomic E-state index is 0.0194. The zero-order valence-corrected chi connectivity index (χ0v) is 19.8. The van der Waals surface area contributed by atoms with Gasteiger partial charge in [0, 0.05) is 32.7 Å². The normalized spacial score (nSPS) is 14.1. The molecule has 0 fully saturated rings. The second kappa shape index (κ2) is 8.99. The second-order valence-electron chi connectivity index (χ2n) is 8.17. The van der Waals surface area contributed by atoms with E-state index in [9.17, 15) is 22.8 Å². The lowest BCUT2D eigenvalue weighted by Crippen LogP contribution is -2.30. The molecule has 1 N–H and O–H groups in total. The number of nitrogens with one attached hydrogen (secondary N) is 1. The second-order valence-corrected chi connectivity index (χ2v) is 10.3. The third kappa shape index (κ3) is 4.44. The Labute approximate surface area is 196 Å². The van der Waals surface area contributed by atoms with Gasteiger partial charge < -0.3 is 10.1 Å². The average Bonchev–Trinajstić information content (AvgIpc) is 3.27. The van der Waals surface area contributed by atoms with Gasteiger partial charge in [0.25, 0.3) is 11.5 Å². The van der Waals surface area contributed by atoms with E-state index in [-0.39, 0.29) is 21.7 Å². The highest BCUT2D eigenvalue weighted by atomic mass is 32.2. The van der Waals surface area contributed by atoms with E-state index in [1.807, 2.05) is 0 Å². The van der Waals surface area contributed by atoms with Crippen molar-refractivity contribution in [2.24, 2.45) is 0 Å². The maximum atomic E-state index is 12.6. The Morgan fingerprint density at radius 2 is 1.94 bits per heavy atom. The first-order valence-electron chi connectivity index (χ1n) is 10.7. The van der Waals surface area contributed by atoms with E-state index in [1.165, 1.54) is 63.5 Å². The van der Waals surface area contributed by atoms with Crippen LogP contribution in [0.1, 0.15) is 29.5 Å². The predicted octanol–water partition coefficient (Wildman–Crippen LogP) is 1.78. The Morgan fingerprint density at radius 1 is 1.18 bits per heavy atom. The Bertz CT molecular complexity index is 1460. The summed E-state index contributed by atoms with van der Waals surface area (Å²) in [6.07, 6.45) is 0.397. The number of ether oxygens (including phenoxy) is 1. The Hall–Kier alpha value is -3.57. The van der Waals surface area contributed by atoms with Crippen LogP contribution in [-0.2, 0) is 32.5 Å². The van der Waals surface area contributed by atoms with Crippen molar-refractivity contribution < 1.29 is 22.7 Å². The summed E-state index contributed by atoms with van der Waals surface area (Å²) in [7, 11) is -0.846. The summed E-state index contributed by atoms with van der Waals surface area (Å²) in [5.41, 5.74) is 0.688. The quantitative estimate of drug-likeness (QED) is 0.528. The highest BCUT2D eigenvalue weighted by molar-refractivity contribution is 7.89. The third-order valence-electron chi connectivity index (χ3n) is 5.59. The van der Waals surface area contributed by atoms with Crippen molar-refractivity contribution in [1.82, 2.24) is 13.9 Å². The number of hydrogen-bond donors (Lipinski definition) is 1. The predicted molar refractivity (Wildman–Crippen MR) is 125 cm³/mol. The molecule has 10 nitrogen and oxygen atoms in total. The molecule has 3 aromatic rings. The molecule has 0 saturated heterocycles. The van der Waals surface area contributed by atoms with Crippen LogP contribution in [0.4, 0.5) is 5.69 Å². The molecule has 34 heavy (non-hydrogen) atoms. The maximum absolute atomic E-state index is 12.6. The molecular formula is C23H24N4O6S. The molecule has 1 amide bonds. The first-order chi connectivity index (χ1) is 16.1. The molecule has 0 spiro atoms. The molecular weight excluding hydrogens is 460 g/mol. The number of carbonyl (C=O) groups is 2. The van der Waals surface area contributed by atoms with Crippen LogP contribution >= 0.6 is 0 Å². The fourth-order valence-electron chi connectivity index (χ4n) is 3.68. The fraction of sp³-hybridized carbons (Fsp3) is 0.304. The van der Waals surface area contributed by atoms with Gasteiger partial charge in [0.05, 0.1) is 21.4 Å². The van der Waals surface area contributed by atoms with Crippen LogP contribution in [0, 0.1) is 0 Å². The lowest BCUT2D eigenvalue weighted by molar-refractivity contribution is -0.123. The molecule has 1 atom stereocenters. The van der Waals surface area contributed by atoms with Crippen LogP contribution in [0.25, 0.3) is 10.9 Å². The van der Waals surface area contributed by atoms with E-state index in [2.05, 4.69) is 10.3 Å². The molecule has 1 aliphatic heterocycles. The van der Waals surface area contributed by atoms with Crippen LogP contribution < -0.4 is 10.9 Å². The van der Waals surface area contributed by atoms with Gasteiger partial charge in [0.1, 0.15) is 5.82 Å². The number of amides is 1. The first-order valence-corrected chi connectivity index (χ1v) is 12.1. The molecule has 1 aliphatic rings. The van der Waals surface area contributed by atoms with Crippen LogP contribution in [-0.4, -0.2) is 54.3 Å². The van der Waals surface area contributed by atoms with Crippen molar-refractivity contribution in [2.75, 3.05) is 19.4 Å². The molecule has 2 aromatic carbocycles. The Morgan fingerprint density at radius 3 is 2.68 bits per heavy atom. The fourth-order valence-corrected chi connectivity index (χ4v) is 4.63. The largest absolute Gasteiger partial charge is 0.449 e. The van der Waals surface area contributed by atoms with Gasteiger partial charge in [0.2, 0.25) is 10.0 Å². The number of sulfonamides is 1. The van der Waals surface area contributed by atoms with Gasteiger partial charge in [-0.05, 0) is 49.7 Å². The summed E-state index contributed by atoms with van der Waals surface area (Å²) in [6.45, 7) is 2.05. The van der Waals surface area contributed by atoms with Crippen LogP contribution in [0.2, 0.25) is 0 Å². The number of nitrogens with zero attached hydrogens (tertiary/aromatic N) is 3. The van der Waals surface area contributed by atoms with Crippen molar-refractivity contribution in [3.63, 3.8) is 0 Å². The summed E-state index contributed by atoms with van der Waals surface area (Å²) in [5.74, 6) is -0.673. The third-order valence-corrected chi connectivity index (χ3v) is 7.40. The summed E-state index contributed by atoms with van der Waals surface area (Å²) in [5, 5.41) is 2.98. The van der Waals surface area contributed by atoms with Gasteiger partial charge >= 0.3 is 5.97 Å². The molecule has 4 rings (SSSR count). The Balaban J connectivity index is 1.48. The molecule has 0 saturated carbocycles. The van der Waals surface area contributed by atoms with Crippen molar-refractivity contribution in [2.45, 2.75) is 37.3 Å². The maximum Gasteiger partial charge on any atom is 0.338 e. The molecule has 0 bridgehead atoms. The number of aromatic nitrogens is 2. The highest BCUT2D eigenvalue weighted by Gasteiger charge is 2.22. The standard InChI is InChI=1S/C23H24N4O6S/c1-14(21(28)24-16-6-4-7-17(13-16)34(31,32)26(2)3)33-23(30)15-9-10-18-19(12-15)25-20-8-5-11-27(20)22(18)29/h4,6-7,9-10,12-14H,5,8,11H2,1-3H3,(H,24,28)/t14-/m1/s1. The lowest BCUT2D eigenvalue weighted by Gasteiger charge is -2.15. The molecule has 178 valence electrons. The van der Waals surface area contributed by atoms with E-state index in [0.29, 0.717) is 29.7 Å². The highest BCUT2D eigenvalue weighted by Crippen LogP contribution is 2.19. The molecule has 11 heteroatoms. The number of benzene rings is 2. The van der Waals surface area contributed by atoms with Crippen molar-refractivity contribution in [3.8, 4) is 0 Å². The lowest BCUT2D eigenvalue weighted by atomic mass is 10.1. The van der Waals surface area contributed by atoms with Crippen molar-refractivity contribution in [1.29, 1.82) is 0 Å². The van der Waals surface area contributed by atoms with Gasteiger partial charge in [-0.15, -0.1) is 0 Å². The van der Waals surface area contributed by atoms with Crippen LogP contribution in [0.3, 0.4) is 0 Å². The van der Waals surface area contributed by atoms with Crippen LogP contribution in [0.5, 0.6) is 0 Å². The molecule has 0 unspecified atom stereocenters. The van der Waals surface area contributed by atoms with Crippen LogP contribution in [0.15, 0.2) is 52.2 Å². The number of carbonyl (C=O) groups excluding carboxylic acids is 2. The van der Waals surface area contributed by atoms with E-state index < -0.39 is 28.0 Å². The molecule has 2 heterocycles. The zero-order chi connectivity index (χ0) is 24.6. The topological polar surface area (TPSA) is 128 Å². The van der Waals surface area contributed by atoms with Crippen molar-refractivity contribution in [3.05, 3.63) is 64.2 Å². The minimum atomic E-state index is -3.67. The number of esters is 1. The van der Waals surface area contributed by atoms with E-state index in [4.69, 9.17) is 4.74 Å².